The van der Waals surface area contributed by atoms with Gasteiger partial charge in [0.2, 0.25) is 0 Å². The standard InChI is InChI=1S/C9H19NO2/c1-8(3-6-12-2)9(11)4-5-10-7-9/h8,10-11H,3-7H2,1-2H3. The van der Waals surface area contributed by atoms with Crippen molar-refractivity contribution in [3.05, 3.63) is 0 Å². The lowest BCUT2D eigenvalue weighted by Crippen LogP contribution is -2.39. The molecule has 1 rings (SSSR count). The molecular formula is C9H19NO2. The third-order valence-corrected chi connectivity index (χ3v) is 2.84. The number of hydrogen-bond acceptors (Lipinski definition) is 3. The van der Waals surface area contributed by atoms with E-state index in [2.05, 4.69) is 12.2 Å². The molecule has 1 aliphatic heterocycles. The molecule has 0 aromatic carbocycles. The summed E-state index contributed by atoms with van der Waals surface area (Å²) in [5.74, 6) is 0.326. The van der Waals surface area contributed by atoms with Crippen molar-refractivity contribution < 1.29 is 9.84 Å². The second kappa shape index (κ2) is 4.21. The molecule has 0 spiro atoms. The van der Waals surface area contributed by atoms with Crippen molar-refractivity contribution in [3.8, 4) is 0 Å². The molecule has 1 fully saturated rings. The van der Waals surface area contributed by atoms with Gasteiger partial charge in [0, 0.05) is 20.3 Å². The molecule has 72 valence electrons. The van der Waals surface area contributed by atoms with Crippen LogP contribution in [0.25, 0.3) is 0 Å². The summed E-state index contributed by atoms with van der Waals surface area (Å²) in [6.45, 7) is 4.50. The molecule has 1 heterocycles. The fourth-order valence-electron chi connectivity index (χ4n) is 1.68. The highest BCUT2D eigenvalue weighted by Crippen LogP contribution is 2.26. The lowest BCUT2D eigenvalue weighted by Gasteiger charge is -2.28. The minimum Gasteiger partial charge on any atom is -0.388 e. The van der Waals surface area contributed by atoms with Gasteiger partial charge in [-0.3, -0.25) is 0 Å². The summed E-state index contributed by atoms with van der Waals surface area (Å²) in [5.41, 5.74) is -0.488. The maximum atomic E-state index is 10.1. The van der Waals surface area contributed by atoms with Crippen molar-refractivity contribution in [2.24, 2.45) is 5.92 Å². The molecule has 2 unspecified atom stereocenters. The first-order valence-electron chi connectivity index (χ1n) is 4.61. The van der Waals surface area contributed by atoms with Crippen LogP contribution >= 0.6 is 0 Å². The van der Waals surface area contributed by atoms with Crippen LogP contribution in [0.15, 0.2) is 0 Å². The van der Waals surface area contributed by atoms with Crippen molar-refractivity contribution in [3.63, 3.8) is 0 Å². The van der Waals surface area contributed by atoms with Crippen molar-refractivity contribution in [2.45, 2.75) is 25.4 Å². The summed E-state index contributed by atoms with van der Waals surface area (Å²) in [5, 5.41) is 13.2. The maximum Gasteiger partial charge on any atom is 0.0809 e. The fraction of sp³-hybridized carbons (Fsp3) is 1.00. The van der Waals surface area contributed by atoms with Gasteiger partial charge in [-0.25, -0.2) is 0 Å². The van der Waals surface area contributed by atoms with E-state index in [0.29, 0.717) is 5.92 Å². The number of nitrogens with one attached hydrogen (secondary N) is 1. The summed E-state index contributed by atoms with van der Waals surface area (Å²) in [6, 6.07) is 0. The van der Waals surface area contributed by atoms with Crippen LogP contribution in [0.1, 0.15) is 19.8 Å². The Morgan fingerprint density at radius 2 is 2.42 bits per heavy atom. The Balaban J connectivity index is 2.33. The summed E-state index contributed by atoms with van der Waals surface area (Å²) in [7, 11) is 1.70. The zero-order valence-electron chi connectivity index (χ0n) is 7.97. The van der Waals surface area contributed by atoms with E-state index >= 15 is 0 Å². The SMILES string of the molecule is COCCC(C)C1(O)CCNC1. The molecule has 1 aliphatic rings. The van der Waals surface area contributed by atoms with E-state index in [0.717, 1.165) is 32.5 Å². The van der Waals surface area contributed by atoms with Gasteiger partial charge in [-0.1, -0.05) is 6.92 Å². The first-order chi connectivity index (χ1) is 5.69. The molecule has 0 aromatic heterocycles. The van der Waals surface area contributed by atoms with Crippen LogP contribution in [-0.4, -0.2) is 37.5 Å². The quantitative estimate of drug-likeness (QED) is 0.646. The average molecular weight is 173 g/mol. The molecule has 0 radical (unpaired) electrons. The highest BCUT2D eigenvalue weighted by molar-refractivity contribution is 4.91. The van der Waals surface area contributed by atoms with Crippen molar-refractivity contribution in [2.75, 3.05) is 26.8 Å². The monoisotopic (exact) mass is 173 g/mol. The predicted molar refractivity (Wildman–Crippen MR) is 48.1 cm³/mol. The van der Waals surface area contributed by atoms with Crippen LogP contribution in [0.4, 0.5) is 0 Å². The third-order valence-electron chi connectivity index (χ3n) is 2.84. The van der Waals surface area contributed by atoms with Crippen LogP contribution in [0, 0.1) is 5.92 Å². The Hall–Kier alpha value is -0.120. The van der Waals surface area contributed by atoms with Crippen molar-refractivity contribution in [1.29, 1.82) is 0 Å². The van der Waals surface area contributed by atoms with Crippen molar-refractivity contribution >= 4 is 0 Å². The summed E-state index contributed by atoms with van der Waals surface area (Å²) in [6.07, 6.45) is 1.81. The molecule has 3 heteroatoms. The van der Waals surface area contributed by atoms with Crippen LogP contribution < -0.4 is 5.32 Å². The van der Waals surface area contributed by atoms with Crippen LogP contribution in [0.3, 0.4) is 0 Å². The molecule has 0 bridgehead atoms. The first kappa shape index (κ1) is 9.96. The maximum absolute atomic E-state index is 10.1. The molecule has 12 heavy (non-hydrogen) atoms. The number of rotatable bonds is 4. The smallest absolute Gasteiger partial charge is 0.0809 e. The number of methoxy groups -OCH3 is 1. The van der Waals surface area contributed by atoms with E-state index < -0.39 is 5.60 Å². The fourth-order valence-corrected chi connectivity index (χ4v) is 1.68. The van der Waals surface area contributed by atoms with Gasteiger partial charge in [0.1, 0.15) is 0 Å². The molecule has 2 N–H and O–H groups in total. The molecule has 0 amide bonds. The summed E-state index contributed by atoms with van der Waals surface area (Å²) in [4.78, 5) is 0. The Bertz CT molecular complexity index is 132. The lowest BCUT2D eigenvalue weighted by atomic mass is 9.86. The molecule has 0 aliphatic carbocycles. The Labute approximate surface area is 74.1 Å². The molecular weight excluding hydrogens is 154 g/mol. The van der Waals surface area contributed by atoms with Gasteiger partial charge < -0.3 is 15.2 Å². The molecule has 3 nitrogen and oxygen atoms in total. The predicted octanol–water partition coefficient (Wildman–Crippen LogP) is 0.383. The van der Waals surface area contributed by atoms with Gasteiger partial charge in [0.05, 0.1) is 5.60 Å². The van der Waals surface area contributed by atoms with Gasteiger partial charge in [0.15, 0.2) is 0 Å². The molecule has 0 aromatic rings. The zero-order valence-corrected chi connectivity index (χ0v) is 7.97. The summed E-state index contributed by atoms with van der Waals surface area (Å²) >= 11 is 0. The molecule has 0 saturated carbocycles. The third kappa shape index (κ3) is 2.19. The average Bonchev–Trinajstić information content (AvgIpc) is 2.49. The second-order valence-electron chi connectivity index (χ2n) is 3.71. The number of β-amino-alcohol motifs (C(OH)–C–C–N with tert-alkyl or cyclic N) is 1. The van der Waals surface area contributed by atoms with E-state index in [-0.39, 0.29) is 0 Å². The van der Waals surface area contributed by atoms with E-state index in [9.17, 15) is 5.11 Å². The number of ether oxygens (including phenoxy) is 1. The van der Waals surface area contributed by atoms with E-state index in [1.165, 1.54) is 0 Å². The summed E-state index contributed by atoms with van der Waals surface area (Å²) < 4.78 is 4.99. The largest absolute Gasteiger partial charge is 0.388 e. The van der Waals surface area contributed by atoms with Gasteiger partial charge >= 0.3 is 0 Å². The van der Waals surface area contributed by atoms with Crippen molar-refractivity contribution in [1.82, 2.24) is 5.32 Å². The number of aliphatic hydroxyl groups is 1. The Morgan fingerprint density at radius 3 is 2.92 bits per heavy atom. The second-order valence-corrected chi connectivity index (χ2v) is 3.71. The van der Waals surface area contributed by atoms with Gasteiger partial charge in [0.25, 0.3) is 0 Å². The van der Waals surface area contributed by atoms with Gasteiger partial charge in [-0.05, 0) is 25.3 Å². The Kier molecular flexibility index (Phi) is 3.50. The highest BCUT2D eigenvalue weighted by Gasteiger charge is 2.36. The first-order valence-corrected chi connectivity index (χ1v) is 4.61. The van der Waals surface area contributed by atoms with Crippen LogP contribution in [-0.2, 0) is 4.74 Å². The molecule has 2 atom stereocenters. The van der Waals surface area contributed by atoms with E-state index in [1.807, 2.05) is 0 Å². The Morgan fingerprint density at radius 1 is 1.67 bits per heavy atom. The van der Waals surface area contributed by atoms with Gasteiger partial charge in [-0.15, -0.1) is 0 Å². The number of hydrogen-bond donors (Lipinski definition) is 2. The van der Waals surface area contributed by atoms with E-state index in [4.69, 9.17) is 4.74 Å². The van der Waals surface area contributed by atoms with Crippen LogP contribution in [0.2, 0.25) is 0 Å². The lowest BCUT2D eigenvalue weighted by molar-refractivity contribution is -0.00453. The highest BCUT2D eigenvalue weighted by atomic mass is 16.5. The minimum absolute atomic E-state index is 0.326. The minimum atomic E-state index is -0.488. The molecule has 1 saturated heterocycles. The van der Waals surface area contributed by atoms with Gasteiger partial charge in [-0.2, -0.15) is 0 Å². The van der Waals surface area contributed by atoms with Crippen LogP contribution in [0.5, 0.6) is 0 Å². The zero-order chi connectivity index (χ0) is 9.03. The normalized spacial score (nSPS) is 32.2. The van der Waals surface area contributed by atoms with E-state index in [1.54, 1.807) is 7.11 Å². The topological polar surface area (TPSA) is 41.5 Å².